The molecule has 1 saturated heterocycles. The van der Waals surface area contributed by atoms with Crippen LogP contribution in [-0.4, -0.2) is 31.4 Å². The monoisotopic (exact) mass is 171 g/mol. The van der Waals surface area contributed by atoms with Crippen LogP contribution in [0.15, 0.2) is 0 Å². The van der Waals surface area contributed by atoms with Crippen LogP contribution in [0.5, 0.6) is 0 Å². The van der Waals surface area contributed by atoms with Crippen LogP contribution in [0.3, 0.4) is 0 Å². The summed E-state index contributed by atoms with van der Waals surface area (Å²) in [7, 11) is 0. The Morgan fingerprint density at radius 3 is 2.83 bits per heavy atom. The number of hydrogen-bond donors (Lipinski definition) is 3. The molecule has 1 fully saturated rings. The Labute approximate surface area is 70.7 Å². The van der Waals surface area contributed by atoms with Gasteiger partial charge in [0.25, 0.3) is 0 Å². The molecule has 0 aromatic carbocycles. The molecule has 0 bridgehead atoms. The normalized spacial score (nSPS) is 22.2. The van der Waals surface area contributed by atoms with Crippen LogP contribution >= 0.6 is 0 Å². The first-order chi connectivity index (χ1) is 5.70. The number of rotatable bonds is 3. The minimum atomic E-state index is -0.505. The third kappa shape index (κ3) is 2.50. The molecular formula is C7H13N3O2. The summed E-state index contributed by atoms with van der Waals surface area (Å²) < 4.78 is 0. The third-order valence-corrected chi connectivity index (χ3v) is 1.87. The first kappa shape index (κ1) is 8.99. The molecule has 0 spiro atoms. The summed E-state index contributed by atoms with van der Waals surface area (Å²) in [6.07, 6.45) is 0.838. The summed E-state index contributed by atoms with van der Waals surface area (Å²) in [6.45, 7) is 1.51. The first-order valence-corrected chi connectivity index (χ1v) is 3.97. The van der Waals surface area contributed by atoms with Gasteiger partial charge in [-0.3, -0.25) is 9.59 Å². The van der Waals surface area contributed by atoms with E-state index in [0.717, 1.165) is 13.0 Å². The molecule has 0 unspecified atom stereocenters. The van der Waals surface area contributed by atoms with E-state index in [1.165, 1.54) is 0 Å². The molecule has 5 heteroatoms. The van der Waals surface area contributed by atoms with Crippen molar-refractivity contribution in [2.75, 3.05) is 19.6 Å². The van der Waals surface area contributed by atoms with Crippen molar-refractivity contribution in [2.45, 2.75) is 6.42 Å². The average Bonchev–Trinajstić information content (AvgIpc) is 2.51. The fraction of sp³-hybridized carbons (Fsp3) is 0.714. The first-order valence-electron chi connectivity index (χ1n) is 3.97. The second-order valence-corrected chi connectivity index (χ2v) is 2.87. The highest BCUT2D eigenvalue weighted by Gasteiger charge is 2.21. The van der Waals surface area contributed by atoms with Crippen molar-refractivity contribution < 1.29 is 9.59 Å². The van der Waals surface area contributed by atoms with Crippen molar-refractivity contribution in [3.63, 3.8) is 0 Å². The summed E-state index contributed by atoms with van der Waals surface area (Å²) in [5.74, 6) is -0.586. The van der Waals surface area contributed by atoms with Gasteiger partial charge in [-0.25, -0.2) is 0 Å². The van der Waals surface area contributed by atoms with Gasteiger partial charge in [-0.1, -0.05) is 0 Å². The molecule has 1 aliphatic heterocycles. The van der Waals surface area contributed by atoms with Crippen molar-refractivity contribution in [1.82, 2.24) is 10.6 Å². The molecule has 1 rings (SSSR count). The zero-order chi connectivity index (χ0) is 8.97. The fourth-order valence-corrected chi connectivity index (χ4v) is 1.20. The van der Waals surface area contributed by atoms with E-state index in [1.54, 1.807) is 0 Å². The zero-order valence-electron chi connectivity index (χ0n) is 6.80. The second kappa shape index (κ2) is 4.06. The van der Waals surface area contributed by atoms with Gasteiger partial charge in [0.1, 0.15) is 0 Å². The van der Waals surface area contributed by atoms with Crippen LogP contribution in [0.25, 0.3) is 0 Å². The average molecular weight is 171 g/mol. The Bertz CT molecular complexity index is 187. The Morgan fingerprint density at radius 1 is 1.58 bits per heavy atom. The lowest BCUT2D eigenvalue weighted by Crippen LogP contribution is -2.37. The molecule has 68 valence electrons. The van der Waals surface area contributed by atoms with E-state index in [0.29, 0.717) is 6.54 Å². The van der Waals surface area contributed by atoms with Crippen molar-refractivity contribution in [3.05, 3.63) is 0 Å². The highest BCUT2D eigenvalue weighted by atomic mass is 16.2. The van der Waals surface area contributed by atoms with Gasteiger partial charge < -0.3 is 16.4 Å². The lowest BCUT2D eigenvalue weighted by atomic mass is 10.1. The second-order valence-electron chi connectivity index (χ2n) is 2.87. The van der Waals surface area contributed by atoms with E-state index in [1.807, 2.05) is 0 Å². The number of nitrogens with two attached hydrogens (primary N) is 1. The summed E-state index contributed by atoms with van der Waals surface area (Å²) in [5, 5.41) is 5.53. The molecule has 1 atom stereocenters. The van der Waals surface area contributed by atoms with Crippen molar-refractivity contribution in [1.29, 1.82) is 0 Å². The number of carbonyl (C=O) groups excluding carboxylic acids is 2. The lowest BCUT2D eigenvalue weighted by Gasteiger charge is -2.07. The predicted molar refractivity (Wildman–Crippen MR) is 43.2 cm³/mol. The highest BCUT2D eigenvalue weighted by Crippen LogP contribution is 2.06. The molecule has 2 amide bonds. The summed E-state index contributed by atoms with van der Waals surface area (Å²) in [4.78, 5) is 21.5. The molecule has 0 aromatic rings. The lowest BCUT2D eigenvalue weighted by molar-refractivity contribution is -0.127. The third-order valence-electron chi connectivity index (χ3n) is 1.87. The van der Waals surface area contributed by atoms with E-state index in [9.17, 15) is 9.59 Å². The molecule has 0 radical (unpaired) electrons. The maximum Gasteiger partial charge on any atom is 0.236 e. The molecule has 12 heavy (non-hydrogen) atoms. The van der Waals surface area contributed by atoms with Crippen molar-refractivity contribution in [2.24, 2.45) is 11.7 Å². The van der Waals surface area contributed by atoms with E-state index >= 15 is 0 Å². The molecule has 0 aliphatic carbocycles. The summed E-state index contributed by atoms with van der Waals surface area (Å²) in [6, 6.07) is 0. The van der Waals surface area contributed by atoms with Crippen LogP contribution in [0.4, 0.5) is 0 Å². The van der Waals surface area contributed by atoms with Crippen LogP contribution < -0.4 is 16.4 Å². The van der Waals surface area contributed by atoms with Crippen LogP contribution in [-0.2, 0) is 9.59 Å². The smallest absolute Gasteiger partial charge is 0.236 e. The van der Waals surface area contributed by atoms with E-state index in [2.05, 4.69) is 10.6 Å². The quantitative estimate of drug-likeness (QED) is 0.468. The maximum atomic E-state index is 11.2. The molecule has 5 nitrogen and oxygen atoms in total. The number of carbonyl (C=O) groups is 2. The minimum Gasteiger partial charge on any atom is -0.368 e. The Kier molecular flexibility index (Phi) is 3.04. The van der Waals surface area contributed by atoms with Gasteiger partial charge in [-0.2, -0.15) is 0 Å². The van der Waals surface area contributed by atoms with E-state index < -0.39 is 5.91 Å². The van der Waals surface area contributed by atoms with Gasteiger partial charge in [0, 0.05) is 6.54 Å². The standard InChI is InChI=1S/C7H13N3O2/c8-6(11)4-10-7(12)5-1-2-9-3-5/h5,9H,1-4H2,(H2,8,11)(H,10,12)/t5-/m0/s1. The number of hydrogen-bond acceptors (Lipinski definition) is 3. The van der Waals surface area contributed by atoms with Crippen molar-refractivity contribution >= 4 is 11.8 Å². The van der Waals surface area contributed by atoms with E-state index in [-0.39, 0.29) is 18.4 Å². The Morgan fingerprint density at radius 2 is 2.33 bits per heavy atom. The highest BCUT2D eigenvalue weighted by molar-refractivity contribution is 5.85. The fourth-order valence-electron chi connectivity index (χ4n) is 1.20. The van der Waals surface area contributed by atoms with Crippen LogP contribution in [0, 0.1) is 5.92 Å². The maximum absolute atomic E-state index is 11.2. The van der Waals surface area contributed by atoms with Crippen LogP contribution in [0.2, 0.25) is 0 Å². The van der Waals surface area contributed by atoms with Crippen LogP contribution in [0.1, 0.15) is 6.42 Å². The number of primary amides is 1. The van der Waals surface area contributed by atoms with Gasteiger partial charge in [-0.15, -0.1) is 0 Å². The molecule has 1 heterocycles. The molecule has 4 N–H and O–H groups in total. The molecule has 0 aromatic heterocycles. The van der Waals surface area contributed by atoms with Gasteiger partial charge >= 0.3 is 0 Å². The Balaban J connectivity index is 2.23. The summed E-state index contributed by atoms with van der Waals surface area (Å²) >= 11 is 0. The summed E-state index contributed by atoms with van der Waals surface area (Å²) in [5.41, 5.74) is 4.87. The number of amides is 2. The molecule has 0 saturated carbocycles. The predicted octanol–water partition coefficient (Wildman–Crippen LogP) is -1.80. The largest absolute Gasteiger partial charge is 0.368 e. The zero-order valence-corrected chi connectivity index (χ0v) is 6.80. The van der Waals surface area contributed by atoms with Gasteiger partial charge in [0.15, 0.2) is 0 Å². The van der Waals surface area contributed by atoms with Gasteiger partial charge in [0.05, 0.1) is 12.5 Å². The van der Waals surface area contributed by atoms with E-state index in [4.69, 9.17) is 5.73 Å². The molecular weight excluding hydrogens is 158 g/mol. The minimum absolute atomic E-state index is 0.00403. The molecule has 1 aliphatic rings. The van der Waals surface area contributed by atoms with Gasteiger partial charge in [-0.05, 0) is 13.0 Å². The SMILES string of the molecule is NC(=O)CNC(=O)[C@H]1CCNC1. The topological polar surface area (TPSA) is 84.2 Å². The van der Waals surface area contributed by atoms with Crippen molar-refractivity contribution in [3.8, 4) is 0 Å². The Hall–Kier alpha value is -1.10. The van der Waals surface area contributed by atoms with Gasteiger partial charge in [0.2, 0.25) is 11.8 Å². The number of nitrogens with one attached hydrogen (secondary N) is 2.